The highest BCUT2D eigenvalue weighted by Crippen LogP contribution is 2.30. The van der Waals surface area contributed by atoms with Gasteiger partial charge in [0.25, 0.3) is 0 Å². The fourth-order valence-electron chi connectivity index (χ4n) is 2.92. The topological polar surface area (TPSA) is 103 Å². The first-order chi connectivity index (χ1) is 15.0. The largest absolute Gasteiger partial charge is 0.451 e. The van der Waals surface area contributed by atoms with Gasteiger partial charge in [-0.15, -0.1) is 9.73 Å². The third-order valence-corrected chi connectivity index (χ3v) is 4.53. The first kappa shape index (κ1) is 20.4. The van der Waals surface area contributed by atoms with Crippen LogP contribution in [0.25, 0.3) is 17.0 Å². The summed E-state index contributed by atoms with van der Waals surface area (Å²) in [6, 6.07) is 15.5. The Balaban J connectivity index is 1.45. The predicted octanol–water partition coefficient (Wildman–Crippen LogP) is 4.04. The van der Waals surface area contributed by atoms with Crippen molar-refractivity contribution in [2.24, 2.45) is 0 Å². The lowest BCUT2D eigenvalue weighted by atomic mass is 10.2. The zero-order valence-corrected chi connectivity index (χ0v) is 17.5. The second kappa shape index (κ2) is 8.88. The minimum absolute atomic E-state index is 0.0858. The van der Waals surface area contributed by atoms with Crippen LogP contribution in [-0.2, 0) is 14.3 Å². The maximum atomic E-state index is 10.7. The lowest BCUT2D eigenvalue weighted by Gasteiger charge is -2.07. The number of hydrogen-bond donors (Lipinski definition) is 2. The van der Waals surface area contributed by atoms with Gasteiger partial charge in [0, 0.05) is 18.2 Å². The Morgan fingerprint density at radius 3 is 2.55 bits per heavy atom. The van der Waals surface area contributed by atoms with Crippen molar-refractivity contribution in [2.75, 3.05) is 18.8 Å². The monoisotopic (exact) mass is 421 g/mol. The molecule has 0 fully saturated rings. The summed E-state index contributed by atoms with van der Waals surface area (Å²) in [6.45, 7) is 5.42. The van der Waals surface area contributed by atoms with Gasteiger partial charge in [-0.2, -0.15) is 0 Å². The number of H-pyrrole nitrogens is 1. The summed E-state index contributed by atoms with van der Waals surface area (Å²) >= 11 is 0. The Morgan fingerprint density at radius 1 is 1.10 bits per heavy atom. The summed E-state index contributed by atoms with van der Waals surface area (Å²) in [5.41, 5.74) is 4.35. The lowest BCUT2D eigenvalue weighted by molar-refractivity contribution is -0.152. The molecule has 0 spiro atoms. The minimum atomic E-state index is -0.379. The van der Waals surface area contributed by atoms with E-state index in [4.69, 9.17) is 14.2 Å². The SMILES string of the molecule is CC(=O)OCOCNc1ccc(-c2nc3c(Oc4ccc(C)cc4)c(C)[nH]n3n2)cc1. The number of aryl methyl sites for hydroxylation is 2. The summed E-state index contributed by atoms with van der Waals surface area (Å²) < 4.78 is 17.5. The van der Waals surface area contributed by atoms with Crippen molar-refractivity contribution in [1.82, 2.24) is 19.8 Å². The number of fused-ring (bicyclic) bond motifs is 1. The molecule has 0 aliphatic heterocycles. The summed E-state index contributed by atoms with van der Waals surface area (Å²) in [5.74, 6) is 1.59. The number of aromatic amines is 1. The number of anilines is 1. The number of ether oxygens (including phenoxy) is 3. The third kappa shape index (κ3) is 4.84. The number of carbonyl (C=O) groups is 1. The summed E-state index contributed by atoms with van der Waals surface area (Å²) in [7, 11) is 0. The van der Waals surface area contributed by atoms with Crippen LogP contribution in [0.15, 0.2) is 48.5 Å². The van der Waals surface area contributed by atoms with Crippen LogP contribution in [-0.4, -0.2) is 39.3 Å². The first-order valence-corrected chi connectivity index (χ1v) is 9.75. The molecule has 160 valence electrons. The normalized spacial score (nSPS) is 10.9. The van der Waals surface area contributed by atoms with E-state index in [2.05, 4.69) is 20.5 Å². The zero-order chi connectivity index (χ0) is 21.8. The van der Waals surface area contributed by atoms with Gasteiger partial charge in [0.05, 0.1) is 5.69 Å². The van der Waals surface area contributed by atoms with Crippen LogP contribution in [0.3, 0.4) is 0 Å². The van der Waals surface area contributed by atoms with Gasteiger partial charge >= 0.3 is 5.97 Å². The highest BCUT2D eigenvalue weighted by atomic mass is 16.7. The van der Waals surface area contributed by atoms with E-state index in [9.17, 15) is 4.79 Å². The minimum Gasteiger partial charge on any atom is -0.451 e. The molecule has 0 radical (unpaired) electrons. The second-order valence-electron chi connectivity index (χ2n) is 7.01. The number of nitrogens with one attached hydrogen (secondary N) is 2. The molecule has 2 N–H and O–H groups in total. The van der Waals surface area contributed by atoms with E-state index < -0.39 is 0 Å². The van der Waals surface area contributed by atoms with E-state index >= 15 is 0 Å². The van der Waals surface area contributed by atoms with Crippen molar-refractivity contribution in [3.63, 3.8) is 0 Å². The number of rotatable bonds is 8. The van der Waals surface area contributed by atoms with Crippen LogP contribution in [0.5, 0.6) is 11.5 Å². The van der Waals surface area contributed by atoms with E-state index in [-0.39, 0.29) is 19.5 Å². The van der Waals surface area contributed by atoms with Crippen molar-refractivity contribution in [3.05, 3.63) is 59.8 Å². The molecule has 0 aliphatic carbocycles. The van der Waals surface area contributed by atoms with Gasteiger partial charge in [-0.25, -0.2) is 4.98 Å². The molecule has 0 bridgehead atoms. The van der Waals surface area contributed by atoms with Gasteiger partial charge in [-0.05, 0) is 50.2 Å². The van der Waals surface area contributed by atoms with Crippen molar-refractivity contribution < 1.29 is 19.0 Å². The first-order valence-electron chi connectivity index (χ1n) is 9.75. The van der Waals surface area contributed by atoms with Crippen LogP contribution in [0.1, 0.15) is 18.2 Å². The fraction of sp³-hybridized carbons (Fsp3) is 0.227. The summed E-state index contributed by atoms with van der Waals surface area (Å²) in [5, 5.41) is 10.8. The third-order valence-electron chi connectivity index (χ3n) is 4.53. The van der Waals surface area contributed by atoms with Crippen LogP contribution in [0.2, 0.25) is 0 Å². The number of nitrogens with zero attached hydrogens (tertiary/aromatic N) is 3. The van der Waals surface area contributed by atoms with Crippen molar-refractivity contribution in [1.29, 1.82) is 0 Å². The summed E-state index contributed by atoms with van der Waals surface area (Å²) in [4.78, 5) is 15.3. The Kier molecular flexibility index (Phi) is 5.85. The fourth-order valence-corrected chi connectivity index (χ4v) is 2.92. The molecule has 0 saturated carbocycles. The molecule has 0 unspecified atom stereocenters. The molecule has 0 atom stereocenters. The number of benzene rings is 2. The molecular weight excluding hydrogens is 398 g/mol. The molecule has 9 heteroatoms. The van der Waals surface area contributed by atoms with E-state index in [0.29, 0.717) is 17.2 Å². The second-order valence-corrected chi connectivity index (χ2v) is 7.01. The molecule has 2 heterocycles. The average Bonchev–Trinajstić information content (AvgIpc) is 3.28. The molecule has 9 nitrogen and oxygen atoms in total. The van der Waals surface area contributed by atoms with E-state index in [1.165, 1.54) is 12.5 Å². The Labute approximate surface area is 178 Å². The molecule has 0 amide bonds. The van der Waals surface area contributed by atoms with Gasteiger partial charge in [0.2, 0.25) is 5.65 Å². The zero-order valence-electron chi connectivity index (χ0n) is 17.5. The lowest BCUT2D eigenvalue weighted by Crippen LogP contribution is -2.10. The quantitative estimate of drug-likeness (QED) is 0.251. The average molecular weight is 421 g/mol. The Bertz CT molecular complexity index is 1180. The number of esters is 1. The Hall–Kier alpha value is -3.85. The van der Waals surface area contributed by atoms with Crippen LogP contribution >= 0.6 is 0 Å². The number of aromatic nitrogens is 4. The molecule has 4 rings (SSSR count). The number of hydrogen-bond acceptors (Lipinski definition) is 7. The van der Waals surface area contributed by atoms with E-state index in [1.54, 1.807) is 4.63 Å². The maximum absolute atomic E-state index is 10.7. The van der Waals surface area contributed by atoms with E-state index in [1.807, 2.05) is 62.4 Å². The predicted molar refractivity (Wildman–Crippen MR) is 115 cm³/mol. The smallest absolute Gasteiger partial charge is 0.304 e. The standard InChI is InChI=1S/C22H23N5O4/c1-14-4-10-19(11-5-14)31-20-15(2)25-27-22(20)24-21(26-27)17-6-8-18(9-7-17)23-12-29-13-30-16(3)28/h4-11,23,25H,12-13H2,1-3H3. The summed E-state index contributed by atoms with van der Waals surface area (Å²) in [6.07, 6.45) is 0. The van der Waals surface area contributed by atoms with Crippen LogP contribution in [0, 0.1) is 13.8 Å². The van der Waals surface area contributed by atoms with Gasteiger partial charge < -0.3 is 19.5 Å². The Morgan fingerprint density at radius 2 is 1.84 bits per heavy atom. The highest BCUT2D eigenvalue weighted by molar-refractivity contribution is 5.66. The van der Waals surface area contributed by atoms with E-state index in [0.717, 1.165) is 22.7 Å². The molecular formula is C22H23N5O4. The molecule has 31 heavy (non-hydrogen) atoms. The maximum Gasteiger partial charge on any atom is 0.304 e. The van der Waals surface area contributed by atoms with Gasteiger partial charge in [-0.1, -0.05) is 17.7 Å². The van der Waals surface area contributed by atoms with Crippen molar-refractivity contribution >= 4 is 17.3 Å². The molecule has 0 aliphatic rings. The van der Waals surface area contributed by atoms with Crippen LogP contribution in [0.4, 0.5) is 5.69 Å². The number of carbonyl (C=O) groups excluding carboxylic acids is 1. The van der Waals surface area contributed by atoms with Gasteiger partial charge in [-0.3, -0.25) is 9.89 Å². The molecule has 2 aromatic heterocycles. The van der Waals surface area contributed by atoms with Crippen LogP contribution < -0.4 is 10.1 Å². The molecule has 2 aromatic carbocycles. The van der Waals surface area contributed by atoms with Crippen molar-refractivity contribution in [2.45, 2.75) is 20.8 Å². The van der Waals surface area contributed by atoms with Gasteiger partial charge in [0.1, 0.15) is 12.5 Å². The highest BCUT2D eigenvalue weighted by Gasteiger charge is 2.17. The van der Waals surface area contributed by atoms with Crippen molar-refractivity contribution in [3.8, 4) is 22.9 Å². The van der Waals surface area contributed by atoms with Gasteiger partial charge in [0.15, 0.2) is 18.4 Å². The molecule has 4 aromatic rings. The molecule has 0 saturated heterocycles.